The van der Waals surface area contributed by atoms with E-state index in [1.807, 2.05) is 0 Å². The van der Waals surface area contributed by atoms with E-state index in [0.29, 0.717) is 41.0 Å². The minimum Gasteiger partial charge on any atom is -0.393 e. The van der Waals surface area contributed by atoms with Gasteiger partial charge >= 0.3 is 0 Å². The predicted octanol–water partition coefficient (Wildman–Crippen LogP) is 4.12. The molecule has 4 unspecified atom stereocenters. The molecule has 1 saturated heterocycles. The highest BCUT2D eigenvalue weighted by Gasteiger charge is 2.84. The minimum atomic E-state index is -0.391. The van der Waals surface area contributed by atoms with Gasteiger partial charge in [0.2, 0.25) is 0 Å². The van der Waals surface area contributed by atoms with Gasteiger partial charge in [0.25, 0.3) is 0 Å². The first-order valence-electron chi connectivity index (χ1n) is 13.2. The summed E-state index contributed by atoms with van der Waals surface area (Å²) >= 11 is 0. The number of aliphatic hydroxyl groups excluding tert-OH is 2. The zero-order valence-electron chi connectivity index (χ0n) is 20.4. The van der Waals surface area contributed by atoms with E-state index < -0.39 is 6.10 Å². The molecular weight excluding hydrogens is 386 g/mol. The molecule has 0 aromatic carbocycles. The summed E-state index contributed by atoms with van der Waals surface area (Å²) < 4.78 is 6.53. The van der Waals surface area contributed by atoms with Crippen molar-refractivity contribution in [3.63, 3.8) is 0 Å². The van der Waals surface area contributed by atoms with Crippen LogP contribution >= 0.6 is 0 Å². The third-order valence-electron chi connectivity index (χ3n) is 13.1. The van der Waals surface area contributed by atoms with Crippen LogP contribution in [-0.4, -0.2) is 41.2 Å². The van der Waals surface area contributed by atoms with E-state index in [-0.39, 0.29) is 34.6 Å². The van der Waals surface area contributed by atoms with Crippen molar-refractivity contribution in [3.8, 4) is 0 Å². The molecule has 6 aliphatic rings. The van der Waals surface area contributed by atoms with Crippen LogP contribution in [0.2, 0.25) is 0 Å². The van der Waals surface area contributed by atoms with Crippen LogP contribution in [0.25, 0.3) is 0 Å². The fourth-order valence-electron chi connectivity index (χ4n) is 11.5. The number of nitrogens with two attached hydrogens (primary N) is 1. The zero-order valence-corrected chi connectivity index (χ0v) is 20.4. The van der Waals surface area contributed by atoms with Crippen LogP contribution in [-0.2, 0) is 4.74 Å². The molecule has 0 aromatic heterocycles. The summed E-state index contributed by atoms with van der Waals surface area (Å²) in [5, 5.41) is 22.8. The first kappa shape index (κ1) is 21.4. The molecule has 6 rings (SSSR count). The number of rotatable bonds is 1. The number of ether oxygens (including phenoxy) is 1. The Kier molecular flexibility index (Phi) is 4.20. The van der Waals surface area contributed by atoms with Crippen molar-refractivity contribution in [2.24, 2.45) is 56.5 Å². The summed E-state index contributed by atoms with van der Waals surface area (Å²) in [5.41, 5.74) is 6.87. The van der Waals surface area contributed by atoms with E-state index in [9.17, 15) is 10.2 Å². The summed E-state index contributed by atoms with van der Waals surface area (Å²) in [7, 11) is 0. The van der Waals surface area contributed by atoms with Gasteiger partial charge in [-0.05, 0) is 96.7 Å². The van der Waals surface area contributed by atoms with E-state index in [2.05, 4.69) is 34.6 Å². The summed E-state index contributed by atoms with van der Waals surface area (Å²) in [4.78, 5) is 0. The molecule has 5 aliphatic carbocycles. The molecule has 4 N–H and O–H groups in total. The lowest BCUT2D eigenvalue weighted by Gasteiger charge is -2.63. The Morgan fingerprint density at radius 2 is 1.61 bits per heavy atom. The molecule has 31 heavy (non-hydrogen) atoms. The molecule has 176 valence electrons. The molecule has 0 bridgehead atoms. The van der Waals surface area contributed by atoms with Gasteiger partial charge in [-0.3, -0.25) is 0 Å². The Hall–Kier alpha value is -0.160. The van der Waals surface area contributed by atoms with E-state index in [1.165, 1.54) is 38.5 Å². The van der Waals surface area contributed by atoms with Gasteiger partial charge in [-0.25, -0.2) is 0 Å². The topological polar surface area (TPSA) is 75.7 Å². The van der Waals surface area contributed by atoms with Gasteiger partial charge < -0.3 is 20.7 Å². The fraction of sp³-hybridized carbons (Fsp3) is 1.00. The molecule has 12 atom stereocenters. The van der Waals surface area contributed by atoms with Crippen molar-refractivity contribution < 1.29 is 14.9 Å². The Morgan fingerprint density at radius 1 is 0.935 bits per heavy atom. The van der Waals surface area contributed by atoms with Crippen molar-refractivity contribution in [1.82, 2.24) is 0 Å². The second kappa shape index (κ2) is 6.09. The van der Waals surface area contributed by atoms with Gasteiger partial charge in [0.1, 0.15) is 0 Å². The van der Waals surface area contributed by atoms with Crippen molar-refractivity contribution in [2.45, 2.75) is 110 Å². The average molecular weight is 432 g/mol. The third-order valence-corrected chi connectivity index (χ3v) is 13.1. The lowest BCUT2D eigenvalue weighted by molar-refractivity contribution is -0.182. The van der Waals surface area contributed by atoms with Crippen LogP contribution in [0.15, 0.2) is 0 Å². The van der Waals surface area contributed by atoms with E-state index in [4.69, 9.17) is 10.5 Å². The second-order valence-corrected chi connectivity index (χ2v) is 13.9. The van der Waals surface area contributed by atoms with E-state index >= 15 is 0 Å². The predicted molar refractivity (Wildman–Crippen MR) is 121 cm³/mol. The molecule has 1 heterocycles. The van der Waals surface area contributed by atoms with Crippen molar-refractivity contribution >= 4 is 0 Å². The van der Waals surface area contributed by atoms with Crippen molar-refractivity contribution in [3.05, 3.63) is 0 Å². The highest BCUT2D eigenvalue weighted by atomic mass is 16.5. The third kappa shape index (κ3) is 2.14. The van der Waals surface area contributed by atoms with Gasteiger partial charge in [0.15, 0.2) is 0 Å². The lowest BCUT2D eigenvalue weighted by atomic mass is 9.41. The number of aliphatic hydroxyl groups is 2. The fourth-order valence-corrected chi connectivity index (χ4v) is 11.5. The number of hydrogen-bond donors (Lipinski definition) is 3. The summed E-state index contributed by atoms with van der Waals surface area (Å²) in [6.45, 7) is 12.6. The highest BCUT2D eigenvalue weighted by Crippen LogP contribution is 2.89. The quantitative estimate of drug-likeness (QED) is 0.584. The van der Waals surface area contributed by atoms with Crippen molar-refractivity contribution in [2.75, 3.05) is 6.54 Å². The summed E-state index contributed by atoms with van der Waals surface area (Å²) in [6, 6.07) is 0. The Labute approximate surface area is 188 Å². The molecule has 4 nitrogen and oxygen atoms in total. The molecule has 0 radical (unpaired) electrons. The van der Waals surface area contributed by atoms with Crippen LogP contribution in [0.1, 0.15) is 86.0 Å². The monoisotopic (exact) mass is 431 g/mol. The van der Waals surface area contributed by atoms with E-state index in [0.717, 1.165) is 12.8 Å². The molecule has 0 amide bonds. The normalized spacial score (nSPS) is 63.9. The molecular formula is C27H45NO3. The zero-order chi connectivity index (χ0) is 22.2. The Morgan fingerprint density at radius 3 is 2.32 bits per heavy atom. The Balaban J connectivity index is 1.41. The molecule has 0 aromatic rings. The largest absolute Gasteiger partial charge is 0.393 e. The van der Waals surface area contributed by atoms with Gasteiger partial charge in [-0.1, -0.05) is 34.6 Å². The van der Waals surface area contributed by atoms with Crippen LogP contribution < -0.4 is 5.73 Å². The first-order chi connectivity index (χ1) is 14.5. The molecule has 1 aliphatic heterocycles. The van der Waals surface area contributed by atoms with Crippen molar-refractivity contribution in [1.29, 1.82) is 0 Å². The van der Waals surface area contributed by atoms with Crippen LogP contribution in [0, 0.1) is 50.7 Å². The van der Waals surface area contributed by atoms with Crippen LogP contribution in [0.4, 0.5) is 0 Å². The first-order valence-corrected chi connectivity index (χ1v) is 13.2. The van der Waals surface area contributed by atoms with E-state index in [1.54, 1.807) is 0 Å². The lowest BCUT2D eigenvalue weighted by Crippen LogP contribution is -2.59. The maximum absolute atomic E-state index is 12.0. The van der Waals surface area contributed by atoms with Crippen LogP contribution in [0.5, 0.6) is 0 Å². The Bertz CT molecular complexity index is 784. The molecule has 2 spiro atoms. The molecule has 6 fully saturated rings. The molecule has 5 saturated carbocycles. The van der Waals surface area contributed by atoms with Gasteiger partial charge in [0.05, 0.1) is 24.4 Å². The molecule has 4 heteroatoms. The number of hydrogen-bond acceptors (Lipinski definition) is 4. The van der Waals surface area contributed by atoms with Gasteiger partial charge in [-0.15, -0.1) is 0 Å². The van der Waals surface area contributed by atoms with Crippen LogP contribution in [0.3, 0.4) is 0 Å². The number of fused-ring (bicyclic) bond motifs is 4. The van der Waals surface area contributed by atoms with Gasteiger partial charge in [0, 0.05) is 12.0 Å². The summed E-state index contributed by atoms with van der Waals surface area (Å²) in [6.07, 6.45) is 8.95. The highest BCUT2D eigenvalue weighted by molar-refractivity contribution is 5.32. The summed E-state index contributed by atoms with van der Waals surface area (Å²) in [5.74, 6) is 2.19. The average Bonchev–Trinajstić information content (AvgIpc) is 3.36. The second-order valence-electron chi connectivity index (χ2n) is 13.9. The minimum absolute atomic E-state index is 0.0165. The standard InChI is InChI=1S/C27H45NO3/c1-15-12-16(13-28)31-21-20(15)24(4)10-11-27-14-26(27)9-8-19(29)23(2,3)17(26)6-7-18(27)25(24,5)22(21)30/h15-22,29-30H,6-14,28H2,1-5H3/t15-,16?,17+,18?,19?,20+,21?,22+,24-,25-,26-,27+/m1/s1. The maximum Gasteiger partial charge on any atom is 0.0880 e. The SMILES string of the molecule is C[C@@H]1CC(CN)OC2[C@H]1[C@@]1(C)CC[C@@]34C[C@@]35CCC(O)C(C)(C)[C@@H]5CCC4[C@]1(C)[C@H]2O. The van der Waals surface area contributed by atoms with Gasteiger partial charge in [-0.2, -0.15) is 0 Å². The maximum atomic E-state index is 12.0. The smallest absolute Gasteiger partial charge is 0.0880 e.